The van der Waals surface area contributed by atoms with E-state index in [1.54, 1.807) is 4.90 Å². The standard InChI is InChI=1S/C34H55N5O5/c1-22(2)38-17-10-9-14-25(38)30(43)37-28(24-12-7-6-8-13-24)31(44)36-20-27(41)39-21-34(32(4,5)33(34)15-11-16-33)18-26(39)29(42)35-19-23(3)40/h22,24-26,28,40H,3,6-21H2,1-2,4-5H3,(H,35,42)(H,36,44)(H,37,43)/t25-,26+,28+,34?/m1/s1. The van der Waals surface area contributed by atoms with E-state index in [2.05, 4.69) is 55.1 Å². The van der Waals surface area contributed by atoms with Crippen LogP contribution in [0.3, 0.4) is 0 Å². The van der Waals surface area contributed by atoms with E-state index >= 15 is 0 Å². The van der Waals surface area contributed by atoms with Gasteiger partial charge >= 0.3 is 0 Å². The Labute approximate surface area is 263 Å². The monoisotopic (exact) mass is 613 g/mol. The molecule has 2 heterocycles. The highest BCUT2D eigenvalue weighted by molar-refractivity contribution is 5.94. The third kappa shape index (κ3) is 5.64. The third-order valence-corrected chi connectivity index (χ3v) is 12.5. The summed E-state index contributed by atoms with van der Waals surface area (Å²) in [4.78, 5) is 58.4. The summed E-state index contributed by atoms with van der Waals surface area (Å²) in [7, 11) is 0. The van der Waals surface area contributed by atoms with Crippen molar-refractivity contribution in [2.45, 2.75) is 129 Å². The first-order chi connectivity index (χ1) is 20.8. The molecule has 5 rings (SSSR count). The first kappa shape index (κ1) is 32.8. The van der Waals surface area contributed by atoms with Crippen LogP contribution in [0.5, 0.6) is 0 Å². The Morgan fingerprint density at radius 3 is 2.14 bits per heavy atom. The van der Waals surface area contributed by atoms with Crippen molar-refractivity contribution in [3.63, 3.8) is 0 Å². The summed E-state index contributed by atoms with van der Waals surface area (Å²) >= 11 is 0. The van der Waals surface area contributed by atoms with Crippen LogP contribution in [0.4, 0.5) is 0 Å². The van der Waals surface area contributed by atoms with Crippen molar-refractivity contribution in [1.82, 2.24) is 25.8 Å². The summed E-state index contributed by atoms with van der Waals surface area (Å²) in [5, 5.41) is 18.3. The molecule has 3 aliphatic carbocycles. The molecule has 10 nitrogen and oxygen atoms in total. The molecule has 246 valence electrons. The summed E-state index contributed by atoms with van der Waals surface area (Å²) in [6.45, 7) is 13.3. The summed E-state index contributed by atoms with van der Waals surface area (Å²) in [5.74, 6) is -1.12. The number of nitrogens with zero attached hydrogens (tertiary/aromatic N) is 2. The third-order valence-electron chi connectivity index (χ3n) is 12.5. The molecule has 4 N–H and O–H groups in total. The number of aliphatic hydroxyl groups excluding tert-OH is 1. The van der Waals surface area contributed by atoms with Gasteiger partial charge in [-0.2, -0.15) is 0 Å². The van der Waals surface area contributed by atoms with Crippen LogP contribution in [0.1, 0.15) is 105 Å². The molecule has 44 heavy (non-hydrogen) atoms. The van der Waals surface area contributed by atoms with E-state index in [9.17, 15) is 24.3 Å². The van der Waals surface area contributed by atoms with Crippen LogP contribution in [-0.2, 0) is 19.2 Å². The Bertz CT molecular complexity index is 1140. The fraction of sp³-hybridized carbons (Fsp3) is 0.824. The Morgan fingerprint density at radius 2 is 1.55 bits per heavy atom. The Kier molecular flexibility index (Phi) is 9.41. The average Bonchev–Trinajstić information content (AvgIpc) is 3.20. The zero-order chi connectivity index (χ0) is 31.9. The molecule has 4 amide bonds. The number of piperidine rings is 1. The van der Waals surface area contributed by atoms with Crippen LogP contribution >= 0.6 is 0 Å². The molecule has 5 fully saturated rings. The Balaban J connectivity index is 1.28. The number of fused-ring (bicyclic) bond motifs is 1. The van der Waals surface area contributed by atoms with Crippen LogP contribution in [0.2, 0.25) is 0 Å². The molecule has 0 radical (unpaired) electrons. The molecule has 0 aromatic heterocycles. The van der Waals surface area contributed by atoms with E-state index in [-0.39, 0.29) is 76.7 Å². The number of amides is 4. The van der Waals surface area contributed by atoms with Gasteiger partial charge in [0.2, 0.25) is 23.6 Å². The second-order valence-corrected chi connectivity index (χ2v) is 15.1. The Hall–Kier alpha value is -2.62. The molecular formula is C34H55N5O5. The number of aliphatic hydroxyl groups is 1. The van der Waals surface area contributed by atoms with Gasteiger partial charge in [0.15, 0.2) is 0 Å². The molecule has 0 bridgehead atoms. The van der Waals surface area contributed by atoms with Crippen molar-refractivity contribution < 1.29 is 24.3 Å². The minimum atomic E-state index is -0.688. The quantitative estimate of drug-likeness (QED) is 0.280. The van der Waals surface area contributed by atoms with Crippen LogP contribution in [0.15, 0.2) is 12.3 Å². The second-order valence-electron chi connectivity index (χ2n) is 15.1. The maximum Gasteiger partial charge on any atom is 0.243 e. The number of carbonyl (C=O) groups is 4. The van der Waals surface area contributed by atoms with E-state index in [0.717, 1.165) is 70.8 Å². The lowest BCUT2D eigenvalue weighted by Crippen LogP contribution is -2.59. The zero-order valence-corrected chi connectivity index (χ0v) is 27.4. The zero-order valence-electron chi connectivity index (χ0n) is 27.4. The predicted molar refractivity (Wildman–Crippen MR) is 168 cm³/mol. The minimum Gasteiger partial charge on any atom is -0.511 e. The summed E-state index contributed by atoms with van der Waals surface area (Å²) in [5.41, 5.74) is 0.0444. The van der Waals surface area contributed by atoms with Crippen LogP contribution in [-0.4, -0.2) is 88.9 Å². The fourth-order valence-corrected chi connectivity index (χ4v) is 9.74. The van der Waals surface area contributed by atoms with Crippen molar-refractivity contribution in [1.29, 1.82) is 0 Å². The van der Waals surface area contributed by atoms with Gasteiger partial charge in [-0.05, 0) is 82.1 Å². The van der Waals surface area contributed by atoms with Crippen LogP contribution in [0, 0.1) is 22.2 Å². The number of hydrogen-bond donors (Lipinski definition) is 4. The van der Waals surface area contributed by atoms with Crippen LogP contribution < -0.4 is 16.0 Å². The van der Waals surface area contributed by atoms with Crippen molar-refractivity contribution >= 4 is 23.6 Å². The average molecular weight is 614 g/mol. The lowest BCUT2D eigenvalue weighted by atomic mass is 9.73. The first-order valence-electron chi connectivity index (χ1n) is 17.1. The summed E-state index contributed by atoms with van der Waals surface area (Å²) in [6.07, 6.45) is 11.7. The predicted octanol–water partition coefficient (Wildman–Crippen LogP) is 3.42. The largest absolute Gasteiger partial charge is 0.511 e. The molecule has 1 unspecified atom stereocenters. The van der Waals surface area contributed by atoms with Gasteiger partial charge in [-0.25, -0.2) is 0 Å². The highest BCUT2D eigenvalue weighted by Gasteiger charge is 2.85. The lowest BCUT2D eigenvalue weighted by Gasteiger charge is -2.39. The highest BCUT2D eigenvalue weighted by Crippen LogP contribution is 2.88. The molecule has 5 aliphatic rings. The summed E-state index contributed by atoms with van der Waals surface area (Å²) in [6, 6.07) is -1.36. The normalized spacial score (nSPS) is 30.1. The van der Waals surface area contributed by atoms with Gasteiger partial charge in [-0.1, -0.05) is 52.5 Å². The van der Waals surface area contributed by atoms with E-state index in [4.69, 9.17) is 0 Å². The lowest BCUT2D eigenvalue weighted by molar-refractivity contribution is -0.139. The van der Waals surface area contributed by atoms with Crippen molar-refractivity contribution in [2.24, 2.45) is 22.2 Å². The first-order valence-corrected chi connectivity index (χ1v) is 17.1. The molecule has 0 aromatic carbocycles. The van der Waals surface area contributed by atoms with E-state index in [1.807, 2.05) is 0 Å². The van der Waals surface area contributed by atoms with Gasteiger partial charge in [0.25, 0.3) is 0 Å². The van der Waals surface area contributed by atoms with Crippen molar-refractivity contribution in [3.8, 4) is 0 Å². The maximum atomic E-state index is 13.8. The van der Waals surface area contributed by atoms with Gasteiger partial charge < -0.3 is 26.0 Å². The van der Waals surface area contributed by atoms with Gasteiger partial charge in [-0.15, -0.1) is 0 Å². The molecule has 2 spiro atoms. The number of nitrogens with one attached hydrogen (secondary N) is 3. The van der Waals surface area contributed by atoms with Gasteiger partial charge in [0.1, 0.15) is 17.8 Å². The van der Waals surface area contributed by atoms with Gasteiger partial charge in [-0.3, -0.25) is 24.1 Å². The number of hydrogen-bond acceptors (Lipinski definition) is 6. The van der Waals surface area contributed by atoms with Crippen LogP contribution in [0.25, 0.3) is 0 Å². The maximum absolute atomic E-state index is 13.8. The molecule has 0 aromatic rings. The van der Waals surface area contributed by atoms with Gasteiger partial charge in [0, 0.05) is 18.0 Å². The minimum absolute atomic E-state index is 0.0228. The fourth-order valence-electron chi connectivity index (χ4n) is 9.74. The second kappa shape index (κ2) is 12.6. The van der Waals surface area contributed by atoms with Gasteiger partial charge in [0.05, 0.1) is 19.1 Å². The molecule has 2 saturated heterocycles. The molecule has 2 aliphatic heterocycles. The number of carbonyl (C=O) groups excluding carboxylic acids is 4. The van der Waals surface area contributed by atoms with Crippen molar-refractivity contribution in [3.05, 3.63) is 12.3 Å². The van der Waals surface area contributed by atoms with Crippen molar-refractivity contribution in [2.75, 3.05) is 26.2 Å². The summed E-state index contributed by atoms with van der Waals surface area (Å²) < 4.78 is 0. The van der Waals surface area contributed by atoms with E-state index in [1.165, 1.54) is 6.42 Å². The smallest absolute Gasteiger partial charge is 0.243 e. The Morgan fingerprint density at radius 1 is 0.864 bits per heavy atom. The molecule has 3 saturated carbocycles. The topological polar surface area (TPSA) is 131 Å². The molecular weight excluding hydrogens is 558 g/mol. The van der Waals surface area contributed by atoms with E-state index < -0.39 is 12.1 Å². The number of likely N-dealkylation sites (tertiary alicyclic amines) is 2. The SMILES string of the molecule is C=C(O)CNC(=O)[C@@H]1CC2(CN1C(=O)CNC(=O)[C@@H](NC(=O)[C@H]1CCCCN1C(C)C)C1CCCCC1)C(C)(C)C21CCC1. The molecule has 10 heteroatoms. The molecule has 4 atom stereocenters. The highest BCUT2D eigenvalue weighted by atomic mass is 16.3. The van der Waals surface area contributed by atoms with E-state index in [0.29, 0.717) is 13.0 Å². The number of rotatable bonds is 10.